The highest BCUT2D eigenvalue weighted by atomic mass is 16.5. The van der Waals surface area contributed by atoms with Crippen LogP contribution in [0.15, 0.2) is 60.8 Å². The molecule has 2 aromatic heterocycles. The third-order valence-corrected chi connectivity index (χ3v) is 10.9. The van der Waals surface area contributed by atoms with Crippen molar-refractivity contribution in [1.29, 1.82) is 0 Å². The van der Waals surface area contributed by atoms with Crippen LogP contribution in [-0.2, 0) is 19.1 Å². The number of amides is 4. The van der Waals surface area contributed by atoms with E-state index in [0.717, 1.165) is 51.8 Å². The molecule has 2 aromatic carbocycles. The summed E-state index contributed by atoms with van der Waals surface area (Å²) in [6.45, 7) is 12.8. The number of carbonyl (C=O) groups excluding carboxylic acids is 4. The largest absolute Gasteiger partial charge is 0.453 e. The van der Waals surface area contributed by atoms with Crippen molar-refractivity contribution in [2.45, 2.75) is 71.1 Å². The first-order chi connectivity index (χ1) is 27.2. The number of rotatable bonds is 9. The summed E-state index contributed by atoms with van der Waals surface area (Å²) in [7, 11) is 5.80. The van der Waals surface area contributed by atoms with Crippen LogP contribution in [0.1, 0.15) is 81.8 Å². The van der Waals surface area contributed by atoms with Gasteiger partial charge >= 0.3 is 12.2 Å². The fourth-order valence-corrected chi connectivity index (χ4v) is 8.04. The van der Waals surface area contributed by atoms with Gasteiger partial charge in [-0.25, -0.2) is 19.6 Å². The molecule has 6 rings (SSSR count). The van der Waals surface area contributed by atoms with Crippen LogP contribution in [0.3, 0.4) is 0 Å². The van der Waals surface area contributed by atoms with E-state index in [4.69, 9.17) is 14.5 Å². The second kappa shape index (κ2) is 17.0. The standard InChI is InChI=1S/C43H52N8O6/c1-25(2)36(48(6)42(54)56-8)40(52)50-20-10-11-34(50)39-45-31-19-16-29(22-32(31)46-39)13-12-28-14-17-30(18-15-28)33-23-44-38(47-33)35-21-27(5)24-51(35)41(53)37(26(3)4)49(7)43(55)57-9/h14-19,22-23,25-26,34-37H,5,10-11,20-21,24H2,1-4,6-9H3,(H,44,47)(H,45,46)/t34-,35-,36+,37+/m0/s1. The Morgan fingerprint density at radius 2 is 1.42 bits per heavy atom. The van der Waals surface area contributed by atoms with Crippen molar-refractivity contribution in [2.75, 3.05) is 41.4 Å². The van der Waals surface area contributed by atoms with Crippen molar-refractivity contribution >= 4 is 35.0 Å². The number of aromatic nitrogens is 4. The van der Waals surface area contributed by atoms with Gasteiger partial charge in [0.15, 0.2) is 0 Å². The van der Waals surface area contributed by atoms with E-state index < -0.39 is 24.3 Å². The molecule has 300 valence electrons. The maximum absolute atomic E-state index is 13.8. The maximum atomic E-state index is 13.8. The van der Waals surface area contributed by atoms with Gasteiger partial charge in [0.1, 0.15) is 23.7 Å². The van der Waals surface area contributed by atoms with E-state index in [-0.39, 0.29) is 35.7 Å². The molecule has 2 aliphatic heterocycles. The molecule has 0 aliphatic carbocycles. The SMILES string of the molecule is C=C1C[C@@H](c2ncc(-c3ccc(C#Cc4ccc5nc([C@@H]6CCCN6C(=O)[C@@H](C(C)C)N(C)C(=O)OC)[nH]c5c4)cc3)[nH]2)N(C(=O)[C@@H](C(C)C)N(C)C(=O)OC)C1. The minimum absolute atomic E-state index is 0.102. The predicted molar refractivity (Wildman–Crippen MR) is 216 cm³/mol. The molecule has 0 spiro atoms. The van der Waals surface area contributed by atoms with Crippen LogP contribution in [0, 0.1) is 23.7 Å². The third kappa shape index (κ3) is 8.38. The molecule has 57 heavy (non-hydrogen) atoms. The van der Waals surface area contributed by atoms with Gasteiger partial charge in [0.2, 0.25) is 11.8 Å². The molecular formula is C43H52N8O6. The average molecular weight is 777 g/mol. The summed E-state index contributed by atoms with van der Waals surface area (Å²) in [6.07, 6.45) is 2.83. The number of hydrogen-bond donors (Lipinski definition) is 2. The molecule has 0 saturated carbocycles. The van der Waals surface area contributed by atoms with Gasteiger partial charge in [-0.1, -0.05) is 63.8 Å². The van der Waals surface area contributed by atoms with E-state index in [9.17, 15) is 19.2 Å². The lowest BCUT2D eigenvalue weighted by Gasteiger charge is -2.34. The Labute approximate surface area is 333 Å². The molecule has 2 fully saturated rings. The van der Waals surface area contributed by atoms with E-state index in [2.05, 4.69) is 33.4 Å². The van der Waals surface area contributed by atoms with Crippen molar-refractivity contribution in [3.05, 3.63) is 83.6 Å². The van der Waals surface area contributed by atoms with Gasteiger partial charge in [-0.3, -0.25) is 19.4 Å². The van der Waals surface area contributed by atoms with Crippen LogP contribution < -0.4 is 0 Å². The molecule has 2 aliphatic rings. The zero-order valence-corrected chi connectivity index (χ0v) is 34.0. The normalized spacial score (nSPS) is 17.8. The minimum atomic E-state index is -0.695. The maximum Gasteiger partial charge on any atom is 0.409 e. The van der Waals surface area contributed by atoms with Crippen LogP contribution >= 0.6 is 0 Å². The van der Waals surface area contributed by atoms with Crippen molar-refractivity contribution < 1.29 is 28.7 Å². The Balaban J connectivity index is 1.14. The Morgan fingerprint density at radius 3 is 2.04 bits per heavy atom. The molecule has 0 bridgehead atoms. The Morgan fingerprint density at radius 1 is 0.825 bits per heavy atom. The number of nitrogens with zero attached hydrogens (tertiary/aromatic N) is 6. The van der Waals surface area contributed by atoms with Gasteiger partial charge in [-0.05, 0) is 67.0 Å². The summed E-state index contributed by atoms with van der Waals surface area (Å²) in [5.74, 6) is 7.35. The van der Waals surface area contributed by atoms with Gasteiger partial charge in [0.25, 0.3) is 0 Å². The lowest BCUT2D eigenvalue weighted by atomic mass is 10.0. The van der Waals surface area contributed by atoms with Gasteiger partial charge < -0.3 is 29.2 Å². The molecule has 4 aromatic rings. The van der Waals surface area contributed by atoms with Crippen molar-refractivity contribution in [1.82, 2.24) is 39.5 Å². The average Bonchev–Trinajstić information content (AvgIpc) is 4.02. The first kappa shape index (κ1) is 40.6. The number of fused-ring (bicyclic) bond motifs is 1. The monoisotopic (exact) mass is 776 g/mol. The van der Waals surface area contributed by atoms with Crippen LogP contribution in [0.2, 0.25) is 0 Å². The molecule has 0 radical (unpaired) electrons. The first-order valence-electron chi connectivity index (χ1n) is 19.3. The molecule has 14 heteroatoms. The molecule has 14 nitrogen and oxygen atoms in total. The number of likely N-dealkylation sites (N-methyl/N-ethyl adjacent to an activating group) is 2. The quantitative estimate of drug-likeness (QED) is 0.148. The highest BCUT2D eigenvalue weighted by Crippen LogP contribution is 2.36. The number of benzene rings is 2. The van der Waals surface area contributed by atoms with Gasteiger partial charge in [-0.2, -0.15) is 0 Å². The van der Waals surface area contributed by atoms with Gasteiger partial charge in [-0.15, -0.1) is 0 Å². The lowest BCUT2D eigenvalue weighted by Crippen LogP contribution is -2.51. The molecule has 4 heterocycles. The number of imidazole rings is 2. The Bertz CT molecular complexity index is 2210. The van der Waals surface area contributed by atoms with Crippen molar-refractivity contribution in [2.24, 2.45) is 11.8 Å². The number of nitrogens with one attached hydrogen (secondary N) is 2. The smallest absolute Gasteiger partial charge is 0.409 e. The third-order valence-electron chi connectivity index (χ3n) is 10.9. The fourth-order valence-electron chi connectivity index (χ4n) is 8.04. The highest BCUT2D eigenvalue weighted by Gasteiger charge is 2.42. The molecule has 2 saturated heterocycles. The molecule has 4 amide bonds. The summed E-state index contributed by atoms with van der Waals surface area (Å²) < 4.78 is 9.80. The van der Waals surface area contributed by atoms with Crippen LogP contribution in [0.5, 0.6) is 0 Å². The van der Waals surface area contributed by atoms with Crippen LogP contribution in [-0.4, -0.2) is 117 Å². The zero-order valence-electron chi connectivity index (χ0n) is 34.0. The highest BCUT2D eigenvalue weighted by molar-refractivity contribution is 5.87. The van der Waals surface area contributed by atoms with Crippen LogP contribution in [0.4, 0.5) is 9.59 Å². The van der Waals surface area contributed by atoms with E-state index >= 15 is 0 Å². The fraction of sp³-hybridized carbons (Fsp3) is 0.442. The number of ether oxygens (including phenoxy) is 2. The molecule has 4 atom stereocenters. The number of hydrogen-bond acceptors (Lipinski definition) is 8. The van der Waals surface area contributed by atoms with Crippen LogP contribution in [0.25, 0.3) is 22.3 Å². The summed E-state index contributed by atoms with van der Waals surface area (Å²) in [5.41, 5.74) is 5.90. The van der Waals surface area contributed by atoms with E-state index in [0.29, 0.717) is 31.2 Å². The van der Waals surface area contributed by atoms with Gasteiger partial charge in [0, 0.05) is 38.3 Å². The first-order valence-corrected chi connectivity index (χ1v) is 19.3. The number of aromatic amines is 2. The second-order valence-electron chi connectivity index (χ2n) is 15.5. The number of H-pyrrole nitrogens is 2. The number of carbonyl (C=O) groups is 4. The van der Waals surface area contributed by atoms with Crippen molar-refractivity contribution in [3.63, 3.8) is 0 Å². The van der Waals surface area contributed by atoms with E-state index in [1.807, 2.05) is 75.1 Å². The number of likely N-dealkylation sites (tertiary alicyclic amines) is 2. The Hall–Kier alpha value is -6.10. The molecule has 2 N–H and O–H groups in total. The number of methoxy groups -OCH3 is 2. The molecule has 0 unspecified atom stereocenters. The Kier molecular flexibility index (Phi) is 12.1. The minimum Gasteiger partial charge on any atom is -0.453 e. The van der Waals surface area contributed by atoms with Crippen molar-refractivity contribution in [3.8, 4) is 23.1 Å². The summed E-state index contributed by atoms with van der Waals surface area (Å²) in [6, 6.07) is 11.8. The zero-order chi connectivity index (χ0) is 41.1. The summed E-state index contributed by atoms with van der Waals surface area (Å²) in [5, 5.41) is 0. The van der Waals surface area contributed by atoms with Gasteiger partial charge in [0.05, 0.1) is 49.2 Å². The topological polar surface area (TPSA) is 157 Å². The lowest BCUT2D eigenvalue weighted by molar-refractivity contribution is -0.139. The second-order valence-corrected chi connectivity index (χ2v) is 15.5. The summed E-state index contributed by atoms with van der Waals surface area (Å²) in [4.78, 5) is 74.9. The molecular weight excluding hydrogens is 725 g/mol. The van der Waals surface area contributed by atoms with E-state index in [1.165, 1.54) is 24.0 Å². The van der Waals surface area contributed by atoms with E-state index in [1.54, 1.807) is 25.2 Å². The summed E-state index contributed by atoms with van der Waals surface area (Å²) >= 11 is 0. The predicted octanol–water partition coefficient (Wildman–Crippen LogP) is 6.29.